The average Bonchev–Trinajstić information content (AvgIpc) is 3.71. The maximum atomic E-state index is 8.80. The molecule has 0 amide bonds. The van der Waals surface area contributed by atoms with E-state index in [0.717, 1.165) is 6.42 Å². The number of rotatable bonds is 7. The van der Waals surface area contributed by atoms with Crippen molar-refractivity contribution in [2.24, 2.45) is 5.92 Å². The predicted molar refractivity (Wildman–Crippen MR) is 221 cm³/mol. The van der Waals surface area contributed by atoms with Crippen LogP contribution in [-0.2, 0) is 22.0 Å². The molecule has 2 aliphatic carbocycles. The van der Waals surface area contributed by atoms with Crippen LogP contribution in [0.2, 0.25) is 13.1 Å². The van der Waals surface area contributed by atoms with E-state index >= 15 is 0 Å². The van der Waals surface area contributed by atoms with Crippen LogP contribution < -0.4 is 0 Å². The van der Waals surface area contributed by atoms with Crippen molar-refractivity contribution in [3.63, 3.8) is 0 Å². The minimum absolute atomic E-state index is 0.0570. The van der Waals surface area contributed by atoms with E-state index in [0.29, 0.717) is 5.92 Å². The van der Waals surface area contributed by atoms with Crippen molar-refractivity contribution in [3.05, 3.63) is 154 Å². The van der Waals surface area contributed by atoms with Gasteiger partial charge in [0.15, 0.2) is 0 Å². The summed E-state index contributed by atoms with van der Waals surface area (Å²) in [6.07, 6.45) is 5.92. The Labute approximate surface area is 306 Å². The quantitative estimate of drug-likeness (QED) is 0.141. The van der Waals surface area contributed by atoms with Crippen LogP contribution in [0.4, 0.5) is 0 Å². The van der Waals surface area contributed by atoms with Gasteiger partial charge in [-0.2, -0.15) is 0 Å². The van der Waals surface area contributed by atoms with E-state index in [4.69, 9.17) is 17.0 Å². The molecule has 0 aromatic heterocycles. The standard InChI is InChI=1S/2C22H19.C2H7Si.2ClH.Zr/c1-15(2)18-13-17-9-6-12-21(22(17)14-18)20-11-5-8-16-7-3-4-10-19(16)20;1-3-16-11-12-20(22-14-15(2)13-21(16)22)19-10-6-8-17-7-4-5-9-18(17)19;1-3-2;;;/h3-15H,1-2H3;4-14H,3H2,1-2H3;3H,1-2H3;2*1H;/q;;;;;+2/p-2. The van der Waals surface area contributed by atoms with Crippen LogP contribution in [0, 0.1) is 5.92 Å². The van der Waals surface area contributed by atoms with E-state index in [2.05, 4.69) is 168 Å². The Bertz CT molecular complexity index is 2390. The molecule has 251 valence electrons. The Morgan fingerprint density at radius 2 is 1.16 bits per heavy atom. The van der Waals surface area contributed by atoms with E-state index in [1.165, 1.54) is 82.8 Å². The van der Waals surface area contributed by atoms with Gasteiger partial charge in [0.2, 0.25) is 0 Å². The van der Waals surface area contributed by atoms with Gasteiger partial charge in [0.1, 0.15) is 0 Å². The summed E-state index contributed by atoms with van der Waals surface area (Å²) in [6, 6.07) is 42.5. The van der Waals surface area contributed by atoms with Crippen LogP contribution in [0.5, 0.6) is 0 Å². The summed E-state index contributed by atoms with van der Waals surface area (Å²) in [7, 11) is 17.6. The van der Waals surface area contributed by atoms with Gasteiger partial charge in [-0.15, -0.1) is 0 Å². The molecule has 0 saturated carbocycles. The zero-order chi connectivity index (χ0) is 35.0. The number of benzene rings is 6. The van der Waals surface area contributed by atoms with Crippen LogP contribution in [0.15, 0.2) is 126 Å². The molecular formula is C46H45Cl2SiZr. The molecule has 50 heavy (non-hydrogen) atoms. The van der Waals surface area contributed by atoms with Gasteiger partial charge < -0.3 is 0 Å². The number of hydrogen-bond acceptors (Lipinski definition) is 0. The van der Waals surface area contributed by atoms with E-state index < -0.39 is 21.5 Å². The molecule has 4 heteroatoms. The molecule has 0 radical (unpaired) electrons. The van der Waals surface area contributed by atoms with Crippen molar-refractivity contribution < 1.29 is 15.6 Å². The third kappa shape index (κ3) is 5.00. The molecule has 6 aromatic rings. The van der Waals surface area contributed by atoms with Crippen molar-refractivity contribution in [1.82, 2.24) is 0 Å². The van der Waals surface area contributed by atoms with Crippen LogP contribution in [0.25, 0.3) is 56.0 Å². The molecule has 0 aliphatic heterocycles. The van der Waals surface area contributed by atoms with E-state index in [1.54, 1.807) is 0 Å². The number of halogens is 2. The molecule has 8 rings (SSSR count). The molecule has 0 N–H and O–H groups in total. The second-order valence-corrected chi connectivity index (χ2v) is 57.8. The van der Waals surface area contributed by atoms with Crippen molar-refractivity contribution in [1.29, 1.82) is 0 Å². The molecule has 6 aromatic carbocycles. The fourth-order valence-electron chi connectivity index (χ4n) is 9.50. The Hall–Kier alpha value is -3.00. The van der Waals surface area contributed by atoms with Crippen molar-refractivity contribution >= 4 is 56.6 Å². The van der Waals surface area contributed by atoms with Gasteiger partial charge in [0, 0.05) is 0 Å². The monoisotopic (exact) mass is 785 g/mol. The zero-order valence-corrected chi connectivity index (χ0v) is 35.0. The minimum atomic E-state index is -4.94. The maximum absolute atomic E-state index is 8.80. The molecule has 0 saturated heterocycles. The van der Waals surface area contributed by atoms with Crippen molar-refractivity contribution in [2.45, 2.75) is 54.5 Å². The van der Waals surface area contributed by atoms with Crippen LogP contribution in [0.3, 0.4) is 0 Å². The summed E-state index contributed by atoms with van der Waals surface area (Å²) in [5.74, 6) is -1.37. The van der Waals surface area contributed by atoms with Crippen LogP contribution in [-0.4, -0.2) is 5.92 Å². The Balaban J connectivity index is 1.38. The summed E-state index contributed by atoms with van der Waals surface area (Å²) < 4.78 is 0.118. The first kappa shape index (κ1) is 34.1. The normalized spacial score (nSPS) is 17.9. The summed E-state index contributed by atoms with van der Waals surface area (Å²) in [5.41, 5.74) is 14.7. The number of aryl methyl sites for hydroxylation is 1. The average molecular weight is 788 g/mol. The molecule has 0 spiro atoms. The van der Waals surface area contributed by atoms with Crippen molar-refractivity contribution in [2.75, 3.05) is 0 Å². The summed E-state index contributed by atoms with van der Waals surface area (Å²) in [4.78, 5) is 0. The van der Waals surface area contributed by atoms with E-state index in [1.807, 2.05) is 0 Å². The third-order valence-corrected chi connectivity index (χ3v) is 63.9. The first-order valence-electron chi connectivity index (χ1n) is 18.3. The molecular weight excluding hydrogens is 743 g/mol. The van der Waals surface area contributed by atoms with Gasteiger partial charge in [-0.3, -0.25) is 0 Å². The van der Waals surface area contributed by atoms with Crippen LogP contribution >= 0.6 is 17.0 Å². The molecule has 0 heterocycles. The second kappa shape index (κ2) is 12.6. The fourth-order valence-corrected chi connectivity index (χ4v) is 41.6. The summed E-state index contributed by atoms with van der Waals surface area (Å²) in [5, 5.41) is 5.09. The number of fused-ring (bicyclic) bond motifs is 4. The zero-order valence-electron chi connectivity index (χ0n) is 29.9. The number of hydrogen-bond donors (Lipinski definition) is 0. The first-order valence-corrected chi connectivity index (χ1v) is 34.6. The van der Waals surface area contributed by atoms with Crippen molar-refractivity contribution in [3.8, 4) is 22.3 Å². The van der Waals surface area contributed by atoms with Gasteiger partial charge >= 0.3 is 309 Å². The topological polar surface area (TPSA) is 0 Å². The molecule has 0 nitrogen and oxygen atoms in total. The van der Waals surface area contributed by atoms with Gasteiger partial charge in [0.25, 0.3) is 0 Å². The third-order valence-electron chi connectivity index (χ3n) is 12.0. The van der Waals surface area contributed by atoms with Gasteiger partial charge in [-0.25, -0.2) is 0 Å². The first-order chi connectivity index (χ1) is 24.0. The SMILES string of the molecule is CCc1ccc(-c2cccc3ccccc23)c2c1[CH]([Zr]([Cl])([Cl])([CH]1C(C(C)C)=Cc3c(-c4cccc5ccccc45)cccc31)[SiH](C)C)C(C)=C2. The summed E-state index contributed by atoms with van der Waals surface area (Å²) >= 11 is -4.94. The van der Waals surface area contributed by atoms with Gasteiger partial charge in [0.05, 0.1) is 0 Å². The Morgan fingerprint density at radius 3 is 1.74 bits per heavy atom. The predicted octanol–water partition coefficient (Wildman–Crippen LogP) is 14.1. The fraction of sp³-hybridized carbons (Fsp3) is 0.217. The van der Waals surface area contributed by atoms with Gasteiger partial charge in [-0.05, 0) is 0 Å². The van der Waals surface area contributed by atoms with Gasteiger partial charge in [-0.1, -0.05) is 0 Å². The Kier molecular flexibility index (Phi) is 8.59. The number of allylic oxidation sites excluding steroid dienone is 2. The van der Waals surface area contributed by atoms with Crippen LogP contribution in [0.1, 0.15) is 62.8 Å². The molecule has 2 aliphatic rings. The molecule has 2 unspecified atom stereocenters. The Morgan fingerprint density at radius 1 is 0.620 bits per heavy atom. The summed E-state index contributed by atoms with van der Waals surface area (Å²) in [6.45, 7) is 14.2. The molecule has 2 atom stereocenters. The molecule has 0 fully saturated rings. The second-order valence-electron chi connectivity index (χ2n) is 15.2. The van der Waals surface area contributed by atoms with E-state index in [-0.39, 0.29) is 7.25 Å². The van der Waals surface area contributed by atoms with E-state index in [9.17, 15) is 0 Å². The molecule has 0 bridgehead atoms.